The summed E-state index contributed by atoms with van der Waals surface area (Å²) in [4.78, 5) is 20.9. The van der Waals surface area contributed by atoms with Gasteiger partial charge in [-0.25, -0.2) is 19.3 Å². The zero-order valence-electron chi connectivity index (χ0n) is 12.8. The van der Waals surface area contributed by atoms with Crippen molar-refractivity contribution in [2.75, 3.05) is 38.1 Å². The summed E-state index contributed by atoms with van der Waals surface area (Å²) in [5.74, 6) is 1.11. The van der Waals surface area contributed by atoms with Gasteiger partial charge in [0.05, 0.1) is 16.6 Å². The number of aromatic amines is 1. The average molecular weight is 312 g/mol. The zero-order chi connectivity index (χ0) is 15.8. The molecule has 3 heterocycles. The van der Waals surface area contributed by atoms with Crippen LogP contribution in [0.5, 0.6) is 0 Å². The van der Waals surface area contributed by atoms with E-state index in [2.05, 4.69) is 36.8 Å². The Bertz CT molecular complexity index is 820. The molecular formula is C16H17FN6. The fourth-order valence-electron chi connectivity index (χ4n) is 2.73. The number of aromatic nitrogens is 4. The van der Waals surface area contributed by atoms with Gasteiger partial charge in [-0.3, -0.25) is 0 Å². The van der Waals surface area contributed by atoms with Crippen LogP contribution in [0.25, 0.3) is 22.4 Å². The van der Waals surface area contributed by atoms with Crippen LogP contribution in [0, 0.1) is 5.82 Å². The van der Waals surface area contributed by atoms with Crippen LogP contribution in [0.1, 0.15) is 0 Å². The molecule has 0 radical (unpaired) electrons. The van der Waals surface area contributed by atoms with Gasteiger partial charge in [0.25, 0.3) is 0 Å². The molecule has 1 aromatic carbocycles. The number of anilines is 1. The molecule has 0 atom stereocenters. The minimum absolute atomic E-state index is 0.283. The maximum atomic E-state index is 13.3. The summed E-state index contributed by atoms with van der Waals surface area (Å²) in [7, 11) is 2.12. The molecule has 0 aliphatic carbocycles. The van der Waals surface area contributed by atoms with Crippen molar-refractivity contribution in [3.63, 3.8) is 0 Å². The van der Waals surface area contributed by atoms with E-state index in [0.29, 0.717) is 11.3 Å². The van der Waals surface area contributed by atoms with Crippen LogP contribution in [0.2, 0.25) is 0 Å². The SMILES string of the molecule is CN1CCN(c2ncc(-c3nc4ccc(F)cc4[nH]3)cn2)CC1. The topological polar surface area (TPSA) is 60.9 Å². The molecule has 0 bridgehead atoms. The van der Waals surface area contributed by atoms with Crippen LogP contribution in [-0.2, 0) is 0 Å². The predicted octanol–water partition coefficient (Wildman–Crippen LogP) is 1.91. The van der Waals surface area contributed by atoms with Crippen molar-refractivity contribution >= 4 is 17.0 Å². The third kappa shape index (κ3) is 2.75. The largest absolute Gasteiger partial charge is 0.338 e. The first-order valence-electron chi connectivity index (χ1n) is 7.60. The number of piperazine rings is 1. The lowest BCUT2D eigenvalue weighted by Crippen LogP contribution is -2.45. The Morgan fingerprint density at radius 3 is 2.57 bits per heavy atom. The quantitative estimate of drug-likeness (QED) is 0.783. The minimum Gasteiger partial charge on any atom is -0.338 e. The van der Waals surface area contributed by atoms with Crippen LogP contribution in [0.4, 0.5) is 10.3 Å². The standard InChI is InChI=1S/C16H17FN6/c1-22-4-6-23(7-5-22)16-18-9-11(10-19-16)15-20-13-3-2-12(17)8-14(13)21-15/h2-3,8-10H,4-7H2,1H3,(H,20,21). The van der Waals surface area contributed by atoms with Crippen molar-refractivity contribution in [1.82, 2.24) is 24.8 Å². The third-order valence-corrected chi connectivity index (χ3v) is 4.14. The van der Waals surface area contributed by atoms with E-state index in [1.54, 1.807) is 18.5 Å². The first-order valence-corrected chi connectivity index (χ1v) is 7.60. The van der Waals surface area contributed by atoms with Crippen molar-refractivity contribution in [1.29, 1.82) is 0 Å². The van der Waals surface area contributed by atoms with E-state index in [1.165, 1.54) is 12.1 Å². The number of imidazole rings is 1. The van der Waals surface area contributed by atoms with E-state index < -0.39 is 0 Å². The molecule has 2 aromatic heterocycles. The van der Waals surface area contributed by atoms with E-state index in [1.807, 2.05) is 0 Å². The normalized spacial score (nSPS) is 16.2. The monoisotopic (exact) mass is 312 g/mol. The fraction of sp³-hybridized carbons (Fsp3) is 0.312. The van der Waals surface area contributed by atoms with Gasteiger partial charge >= 0.3 is 0 Å². The lowest BCUT2D eigenvalue weighted by atomic mass is 10.3. The Hall–Kier alpha value is -2.54. The van der Waals surface area contributed by atoms with E-state index in [-0.39, 0.29) is 5.82 Å². The van der Waals surface area contributed by atoms with Gasteiger partial charge in [0.2, 0.25) is 5.95 Å². The van der Waals surface area contributed by atoms with Gasteiger partial charge < -0.3 is 14.8 Å². The number of hydrogen-bond donors (Lipinski definition) is 1. The Morgan fingerprint density at radius 1 is 1.09 bits per heavy atom. The summed E-state index contributed by atoms with van der Waals surface area (Å²) < 4.78 is 13.3. The summed E-state index contributed by atoms with van der Waals surface area (Å²) in [5, 5.41) is 0. The average Bonchev–Trinajstić information content (AvgIpc) is 2.99. The van der Waals surface area contributed by atoms with Crippen LogP contribution >= 0.6 is 0 Å². The molecule has 0 saturated carbocycles. The van der Waals surface area contributed by atoms with Gasteiger partial charge in [0.15, 0.2) is 0 Å². The van der Waals surface area contributed by atoms with Gasteiger partial charge in [0, 0.05) is 38.6 Å². The third-order valence-electron chi connectivity index (χ3n) is 4.14. The first kappa shape index (κ1) is 14.1. The summed E-state index contributed by atoms with van der Waals surface area (Å²) in [6.45, 7) is 3.89. The number of nitrogens with zero attached hydrogens (tertiary/aromatic N) is 5. The summed E-state index contributed by atoms with van der Waals surface area (Å²) in [5.41, 5.74) is 2.19. The van der Waals surface area contributed by atoms with Crippen molar-refractivity contribution in [2.24, 2.45) is 0 Å². The van der Waals surface area contributed by atoms with Gasteiger partial charge in [-0.2, -0.15) is 0 Å². The molecule has 7 heteroatoms. The summed E-state index contributed by atoms with van der Waals surface area (Å²) in [6, 6.07) is 4.50. The van der Waals surface area contributed by atoms with Gasteiger partial charge in [-0.05, 0) is 25.2 Å². The minimum atomic E-state index is -0.283. The molecule has 1 aliphatic rings. The lowest BCUT2D eigenvalue weighted by molar-refractivity contribution is 0.311. The van der Waals surface area contributed by atoms with Gasteiger partial charge in [0.1, 0.15) is 11.6 Å². The highest BCUT2D eigenvalue weighted by atomic mass is 19.1. The van der Waals surface area contributed by atoms with Crippen LogP contribution in [0.3, 0.4) is 0 Å². The first-order chi connectivity index (χ1) is 11.2. The molecule has 3 aromatic rings. The summed E-state index contributed by atoms with van der Waals surface area (Å²) >= 11 is 0. The summed E-state index contributed by atoms with van der Waals surface area (Å²) in [6.07, 6.45) is 3.52. The molecule has 118 valence electrons. The van der Waals surface area contributed by atoms with Crippen LogP contribution < -0.4 is 4.90 Å². The zero-order valence-corrected chi connectivity index (χ0v) is 12.8. The molecule has 23 heavy (non-hydrogen) atoms. The molecular weight excluding hydrogens is 295 g/mol. The number of likely N-dealkylation sites (N-methyl/N-ethyl adjacent to an activating group) is 1. The van der Waals surface area contributed by atoms with E-state index in [0.717, 1.165) is 43.2 Å². The van der Waals surface area contributed by atoms with Crippen LogP contribution in [-0.4, -0.2) is 58.1 Å². The molecule has 0 spiro atoms. The van der Waals surface area contributed by atoms with Crippen molar-refractivity contribution in [3.05, 3.63) is 36.4 Å². The predicted molar refractivity (Wildman–Crippen MR) is 86.8 cm³/mol. The lowest BCUT2D eigenvalue weighted by Gasteiger charge is -2.32. The Balaban J connectivity index is 1.59. The molecule has 0 amide bonds. The highest BCUT2D eigenvalue weighted by Crippen LogP contribution is 2.21. The molecule has 1 saturated heterocycles. The van der Waals surface area contributed by atoms with E-state index in [4.69, 9.17) is 0 Å². The number of rotatable bonds is 2. The highest BCUT2D eigenvalue weighted by molar-refractivity contribution is 5.79. The number of hydrogen-bond acceptors (Lipinski definition) is 5. The second-order valence-corrected chi connectivity index (χ2v) is 5.81. The molecule has 6 nitrogen and oxygen atoms in total. The molecule has 4 rings (SSSR count). The molecule has 0 unspecified atom stereocenters. The van der Waals surface area contributed by atoms with E-state index >= 15 is 0 Å². The molecule has 1 N–H and O–H groups in total. The highest BCUT2D eigenvalue weighted by Gasteiger charge is 2.16. The number of H-pyrrole nitrogens is 1. The van der Waals surface area contributed by atoms with Crippen LogP contribution in [0.15, 0.2) is 30.6 Å². The smallest absolute Gasteiger partial charge is 0.225 e. The maximum absolute atomic E-state index is 13.3. The van der Waals surface area contributed by atoms with Crippen molar-refractivity contribution in [2.45, 2.75) is 0 Å². The molecule has 1 fully saturated rings. The van der Waals surface area contributed by atoms with Crippen molar-refractivity contribution in [3.8, 4) is 11.4 Å². The second kappa shape index (κ2) is 5.58. The maximum Gasteiger partial charge on any atom is 0.225 e. The molecule has 1 aliphatic heterocycles. The van der Waals surface area contributed by atoms with Gasteiger partial charge in [-0.1, -0.05) is 0 Å². The Morgan fingerprint density at radius 2 is 1.83 bits per heavy atom. The fourth-order valence-corrected chi connectivity index (χ4v) is 2.73. The van der Waals surface area contributed by atoms with Crippen molar-refractivity contribution < 1.29 is 4.39 Å². The Labute approximate surface area is 133 Å². The van der Waals surface area contributed by atoms with E-state index in [9.17, 15) is 4.39 Å². The number of benzene rings is 1. The number of fused-ring (bicyclic) bond motifs is 1. The Kier molecular flexibility index (Phi) is 3.42. The van der Waals surface area contributed by atoms with Gasteiger partial charge in [-0.15, -0.1) is 0 Å². The number of nitrogens with one attached hydrogen (secondary N) is 1. The number of halogens is 1. The second-order valence-electron chi connectivity index (χ2n) is 5.81.